The van der Waals surface area contributed by atoms with Gasteiger partial charge in [0.25, 0.3) is 0 Å². The monoisotopic (exact) mass is 240 g/mol. The third-order valence-corrected chi connectivity index (χ3v) is 2.71. The van der Waals surface area contributed by atoms with E-state index in [9.17, 15) is 9.59 Å². The number of carbonyl (C=O) groups is 2. The first-order valence-electron chi connectivity index (χ1n) is 5.67. The highest BCUT2D eigenvalue weighted by Crippen LogP contribution is 2.26. The summed E-state index contributed by atoms with van der Waals surface area (Å²) >= 11 is 0. The summed E-state index contributed by atoms with van der Waals surface area (Å²) in [6.07, 6.45) is 9.65. The van der Waals surface area contributed by atoms with Crippen molar-refractivity contribution < 1.29 is 9.59 Å². The van der Waals surface area contributed by atoms with E-state index >= 15 is 0 Å². The molecule has 0 bridgehead atoms. The molecule has 0 aromatic heterocycles. The second-order valence-corrected chi connectivity index (χ2v) is 3.82. The maximum atomic E-state index is 12.3. The Labute approximate surface area is 107 Å². The van der Waals surface area contributed by atoms with Crippen LogP contribution in [0, 0.1) is 0 Å². The smallest absolute Gasteiger partial charge is 0.194 e. The van der Waals surface area contributed by atoms with Gasteiger partial charge < -0.3 is 0 Å². The van der Waals surface area contributed by atoms with Crippen molar-refractivity contribution >= 4 is 11.6 Å². The van der Waals surface area contributed by atoms with E-state index in [0.29, 0.717) is 22.3 Å². The van der Waals surface area contributed by atoms with E-state index in [4.69, 9.17) is 0 Å². The Bertz CT molecular complexity index is 537. The Morgan fingerprint density at radius 2 is 1.61 bits per heavy atom. The largest absolute Gasteiger partial charge is 0.289 e. The van der Waals surface area contributed by atoms with Gasteiger partial charge >= 0.3 is 0 Å². The van der Waals surface area contributed by atoms with Crippen molar-refractivity contribution in [2.45, 2.75) is 13.8 Å². The molecule has 0 amide bonds. The van der Waals surface area contributed by atoms with Crippen LogP contribution in [0.25, 0.3) is 0 Å². The second kappa shape index (κ2) is 5.92. The molecule has 0 N–H and O–H groups in total. The first-order chi connectivity index (χ1) is 8.58. The summed E-state index contributed by atoms with van der Waals surface area (Å²) in [4.78, 5) is 24.4. The highest BCUT2D eigenvalue weighted by atomic mass is 16.1. The van der Waals surface area contributed by atoms with Gasteiger partial charge in [-0.3, -0.25) is 9.59 Å². The topological polar surface area (TPSA) is 34.1 Å². The first-order valence-corrected chi connectivity index (χ1v) is 5.67. The van der Waals surface area contributed by atoms with Crippen molar-refractivity contribution in [3.05, 3.63) is 71.9 Å². The third-order valence-electron chi connectivity index (χ3n) is 2.71. The molecule has 18 heavy (non-hydrogen) atoms. The van der Waals surface area contributed by atoms with Crippen LogP contribution in [0.1, 0.15) is 13.8 Å². The van der Waals surface area contributed by atoms with Crippen molar-refractivity contribution in [1.82, 2.24) is 0 Å². The summed E-state index contributed by atoms with van der Waals surface area (Å²) in [5.41, 5.74) is 1.62. The molecule has 0 unspecified atom stereocenters. The third kappa shape index (κ3) is 2.38. The van der Waals surface area contributed by atoms with Crippen LogP contribution >= 0.6 is 0 Å². The minimum absolute atomic E-state index is 0.151. The van der Waals surface area contributed by atoms with Crippen molar-refractivity contribution in [2.75, 3.05) is 0 Å². The van der Waals surface area contributed by atoms with Gasteiger partial charge in [0.05, 0.1) is 0 Å². The molecule has 1 aliphatic rings. The van der Waals surface area contributed by atoms with Gasteiger partial charge in [-0.2, -0.15) is 0 Å². The summed E-state index contributed by atoms with van der Waals surface area (Å²) in [7, 11) is 0. The van der Waals surface area contributed by atoms with Crippen LogP contribution < -0.4 is 0 Å². The fraction of sp³-hybridized carbons (Fsp3) is 0.125. The van der Waals surface area contributed by atoms with Gasteiger partial charge in [0, 0.05) is 22.3 Å². The average molecular weight is 240 g/mol. The van der Waals surface area contributed by atoms with Crippen LogP contribution in [-0.4, -0.2) is 11.6 Å². The molecule has 0 aromatic carbocycles. The van der Waals surface area contributed by atoms with Crippen molar-refractivity contribution in [3.8, 4) is 0 Å². The van der Waals surface area contributed by atoms with E-state index < -0.39 is 0 Å². The summed E-state index contributed by atoms with van der Waals surface area (Å²) in [5.74, 6) is -0.306. The summed E-state index contributed by atoms with van der Waals surface area (Å²) in [6, 6.07) is 0. The predicted octanol–water partition coefficient (Wildman–Crippen LogP) is 3.26. The summed E-state index contributed by atoms with van der Waals surface area (Å²) in [5, 5.41) is 0. The number of Topliss-reactive ketones (excluding diaryl/α,β-unsaturated/α-hetero) is 2. The lowest BCUT2D eigenvalue weighted by atomic mass is 9.84. The van der Waals surface area contributed by atoms with Gasteiger partial charge in [0.1, 0.15) is 0 Å². The summed E-state index contributed by atoms with van der Waals surface area (Å²) < 4.78 is 0. The molecule has 0 spiro atoms. The van der Waals surface area contributed by atoms with Crippen molar-refractivity contribution in [3.63, 3.8) is 0 Å². The maximum Gasteiger partial charge on any atom is 0.194 e. The molecule has 0 atom stereocenters. The Kier molecular flexibility index (Phi) is 4.55. The lowest BCUT2D eigenvalue weighted by Gasteiger charge is -2.17. The molecule has 1 aliphatic carbocycles. The molecule has 0 fully saturated rings. The van der Waals surface area contributed by atoms with E-state index in [-0.39, 0.29) is 11.6 Å². The quantitative estimate of drug-likeness (QED) is 0.558. The lowest BCUT2D eigenvalue weighted by Crippen LogP contribution is -2.20. The Hall–Kier alpha value is -2.22. The normalized spacial score (nSPS) is 17.2. The predicted molar refractivity (Wildman–Crippen MR) is 74.1 cm³/mol. The van der Waals surface area contributed by atoms with Crippen LogP contribution in [0.4, 0.5) is 0 Å². The second-order valence-electron chi connectivity index (χ2n) is 3.82. The van der Waals surface area contributed by atoms with Crippen LogP contribution in [0.2, 0.25) is 0 Å². The molecule has 2 nitrogen and oxygen atoms in total. The lowest BCUT2D eigenvalue weighted by molar-refractivity contribution is -0.115. The molecule has 0 heterocycles. The molecule has 92 valence electrons. The van der Waals surface area contributed by atoms with Gasteiger partial charge in [-0.25, -0.2) is 0 Å². The summed E-state index contributed by atoms with van der Waals surface area (Å²) in [6.45, 7) is 10.6. The zero-order valence-electron chi connectivity index (χ0n) is 10.7. The van der Waals surface area contributed by atoms with Crippen LogP contribution in [0.5, 0.6) is 0 Å². The molecule has 0 saturated heterocycles. The molecule has 1 rings (SSSR count). The fourth-order valence-corrected chi connectivity index (χ4v) is 1.78. The number of ketones is 2. The molecule has 0 radical (unpaired) electrons. The average Bonchev–Trinajstić information content (AvgIpc) is 2.36. The number of hydrogen-bond donors (Lipinski definition) is 0. The highest BCUT2D eigenvalue weighted by Gasteiger charge is 2.28. The van der Waals surface area contributed by atoms with Gasteiger partial charge in [-0.1, -0.05) is 49.6 Å². The van der Waals surface area contributed by atoms with Gasteiger partial charge in [-0.05, 0) is 13.8 Å². The minimum Gasteiger partial charge on any atom is -0.289 e. The highest BCUT2D eigenvalue weighted by molar-refractivity contribution is 6.28. The van der Waals surface area contributed by atoms with Crippen LogP contribution in [0.15, 0.2) is 71.9 Å². The number of hydrogen-bond acceptors (Lipinski definition) is 2. The minimum atomic E-state index is -0.154. The van der Waals surface area contributed by atoms with Gasteiger partial charge in [-0.15, -0.1) is 0 Å². The first kappa shape index (κ1) is 13.8. The zero-order chi connectivity index (χ0) is 13.7. The van der Waals surface area contributed by atoms with E-state index in [0.717, 1.165) is 0 Å². The Balaban J connectivity index is 3.44. The van der Waals surface area contributed by atoms with E-state index in [2.05, 4.69) is 13.2 Å². The maximum absolute atomic E-state index is 12.3. The SMILES string of the molecule is C=C/C=C\C1=C(C)C(=O)C(C=C)=C(/C=C\C)C1=O. The number of carbonyl (C=O) groups excluding carboxylic acids is 2. The zero-order valence-corrected chi connectivity index (χ0v) is 10.7. The standard InChI is InChI=1S/C16H16O2/c1-5-8-10-13-11(4)15(17)12(7-3)14(9-6-2)16(13)18/h5-10H,1,3H2,2,4H3/b9-6-,10-8-. The van der Waals surface area contributed by atoms with Gasteiger partial charge in [0.2, 0.25) is 0 Å². The molecule has 0 aromatic rings. The van der Waals surface area contributed by atoms with E-state index in [1.54, 1.807) is 44.2 Å². The molecular formula is C16H16O2. The van der Waals surface area contributed by atoms with E-state index in [1.165, 1.54) is 6.08 Å². The molecule has 2 heteroatoms. The Morgan fingerprint density at radius 3 is 2.11 bits per heavy atom. The van der Waals surface area contributed by atoms with E-state index in [1.807, 2.05) is 0 Å². The fourth-order valence-electron chi connectivity index (χ4n) is 1.78. The van der Waals surface area contributed by atoms with Crippen molar-refractivity contribution in [2.24, 2.45) is 0 Å². The molecule has 0 aliphatic heterocycles. The molecule has 0 saturated carbocycles. The number of rotatable bonds is 4. The molecular weight excluding hydrogens is 224 g/mol. The number of allylic oxidation sites excluding steroid dienone is 10. The Morgan fingerprint density at radius 1 is 0.944 bits per heavy atom. The van der Waals surface area contributed by atoms with Crippen LogP contribution in [0.3, 0.4) is 0 Å². The van der Waals surface area contributed by atoms with Crippen LogP contribution in [-0.2, 0) is 9.59 Å². The van der Waals surface area contributed by atoms with Crippen molar-refractivity contribution in [1.29, 1.82) is 0 Å². The van der Waals surface area contributed by atoms with Gasteiger partial charge in [0.15, 0.2) is 11.6 Å².